The van der Waals surface area contributed by atoms with E-state index in [1.807, 2.05) is 49.4 Å². The molecule has 4 aromatic rings. The second-order valence-corrected chi connectivity index (χ2v) is 6.81. The van der Waals surface area contributed by atoms with E-state index in [1.165, 1.54) is 11.3 Å². The fourth-order valence-electron chi connectivity index (χ4n) is 2.60. The van der Waals surface area contributed by atoms with Gasteiger partial charge in [-0.2, -0.15) is 0 Å². The van der Waals surface area contributed by atoms with E-state index in [1.54, 1.807) is 23.0 Å². The van der Waals surface area contributed by atoms with Crippen LogP contribution in [-0.2, 0) is 6.42 Å². The molecular formula is C19H16N6OS. The molecule has 2 heterocycles. The van der Waals surface area contributed by atoms with Crippen LogP contribution in [0.1, 0.15) is 22.3 Å². The van der Waals surface area contributed by atoms with Gasteiger partial charge >= 0.3 is 0 Å². The lowest BCUT2D eigenvalue weighted by Gasteiger charge is -2.07. The number of hydrogen-bond acceptors (Lipinski definition) is 6. The minimum atomic E-state index is -0.220. The molecule has 0 aliphatic rings. The fourth-order valence-corrected chi connectivity index (χ4v) is 3.28. The number of aromatic nitrogens is 5. The number of aryl methyl sites for hydroxylation is 1. The fraction of sp³-hybridized carbons (Fsp3) is 0.105. The van der Waals surface area contributed by atoms with Crippen LogP contribution in [0.15, 0.2) is 60.8 Å². The van der Waals surface area contributed by atoms with Crippen LogP contribution in [0.2, 0.25) is 0 Å². The van der Waals surface area contributed by atoms with Gasteiger partial charge in [0.25, 0.3) is 5.91 Å². The van der Waals surface area contributed by atoms with Gasteiger partial charge < -0.3 is 0 Å². The normalized spacial score (nSPS) is 10.7. The first kappa shape index (κ1) is 17.0. The molecule has 2 aromatic carbocycles. The zero-order chi connectivity index (χ0) is 18.6. The molecule has 7 nitrogen and oxygen atoms in total. The number of amides is 1. The lowest BCUT2D eigenvalue weighted by atomic mass is 10.1. The SMILES string of the molecule is CCc1nnc(NC(=O)c2ccc(-n3nncc3-c3ccccc3)cc2)s1. The zero-order valence-corrected chi connectivity index (χ0v) is 15.3. The van der Waals surface area contributed by atoms with Gasteiger partial charge in [0.15, 0.2) is 0 Å². The minimum Gasteiger partial charge on any atom is -0.296 e. The molecule has 0 atom stereocenters. The standard InChI is InChI=1S/C19H16N6OS/c1-2-17-22-23-19(27-17)21-18(26)14-8-10-15(11-9-14)25-16(12-20-24-25)13-6-4-3-5-7-13/h3-12H,2H2,1H3,(H,21,23,26). The number of carbonyl (C=O) groups excluding carboxylic acids is 1. The van der Waals surface area contributed by atoms with Gasteiger partial charge in [0.1, 0.15) is 5.01 Å². The summed E-state index contributed by atoms with van der Waals surface area (Å²) in [6.45, 7) is 2.00. The molecule has 4 rings (SSSR count). The second-order valence-electron chi connectivity index (χ2n) is 5.75. The van der Waals surface area contributed by atoms with E-state index in [9.17, 15) is 4.79 Å². The molecule has 0 saturated carbocycles. The molecule has 1 N–H and O–H groups in total. The summed E-state index contributed by atoms with van der Waals surface area (Å²) >= 11 is 1.38. The Labute approximate surface area is 159 Å². The predicted molar refractivity (Wildman–Crippen MR) is 104 cm³/mol. The molecule has 0 aliphatic heterocycles. The predicted octanol–water partition coefficient (Wildman–Crippen LogP) is 3.60. The van der Waals surface area contributed by atoms with Crippen molar-refractivity contribution in [1.82, 2.24) is 25.2 Å². The Bertz CT molecular complexity index is 1060. The summed E-state index contributed by atoms with van der Waals surface area (Å²) in [6.07, 6.45) is 2.51. The molecule has 0 spiro atoms. The molecule has 2 aromatic heterocycles. The van der Waals surface area contributed by atoms with Gasteiger partial charge in [-0.05, 0) is 30.7 Å². The van der Waals surface area contributed by atoms with E-state index in [4.69, 9.17) is 0 Å². The van der Waals surface area contributed by atoms with Crippen LogP contribution < -0.4 is 5.32 Å². The van der Waals surface area contributed by atoms with Crippen molar-refractivity contribution in [2.24, 2.45) is 0 Å². The maximum atomic E-state index is 12.4. The van der Waals surface area contributed by atoms with Crippen molar-refractivity contribution in [3.05, 3.63) is 71.4 Å². The number of benzene rings is 2. The number of nitrogens with one attached hydrogen (secondary N) is 1. The monoisotopic (exact) mass is 376 g/mol. The summed E-state index contributed by atoms with van der Waals surface area (Å²) in [5.41, 5.74) is 3.27. The maximum absolute atomic E-state index is 12.4. The van der Waals surface area contributed by atoms with Gasteiger partial charge in [-0.3, -0.25) is 10.1 Å². The molecule has 0 radical (unpaired) electrons. The average molecular weight is 376 g/mol. The molecule has 0 bridgehead atoms. The van der Waals surface area contributed by atoms with Crippen LogP contribution in [0, 0.1) is 0 Å². The molecule has 8 heteroatoms. The van der Waals surface area contributed by atoms with Crippen molar-refractivity contribution in [3.63, 3.8) is 0 Å². The number of nitrogens with zero attached hydrogens (tertiary/aromatic N) is 5. The first-order valence-electron chi connectivity index (χ1n) is 8.45. The Kier molecular flexibility index (Phi) is 4.71. The van der Waals surface area contributed by atoms with Gasteiger partial charge in [-0.1, -0.05) is 53.8 Å². The molecule has 0 saturated heterocycles. The zero-order valence-electron chi connectivity index (χ0n) is 14.5. The molecular weight excluding hydrogens is 360 g/mol. The van der Waals surface area contributed by atoms with Crippen LogP contribution in [0.25, 0.3) is 16.9 Å². The van der Waals surface area contributed by atoms with E-state index in [0.29, 0.717) is 10.7 Å². The summed E-state index contributed by atoms with van der Waals surface area (Å²) in [4.78, 5) is 12.4. The summed E-state index contributed by atoms with van der Waals surface area (Å²) in [5, 5.41) is 20.3. The van der Waals surface area contributed by atoms with Gasteiger partial charge in [0.2, 0.25) is 5.13 Å². The Morgan fingerprint density at radius 2 is 1.85 bits per heavy atom. The number of carbonyl (C=O) groups is 1. The Balaban J connectivity index is 1.55. The topological polar surface area (TPSA) is 85.6 Å². The van der Waals surface area contributed by atoms with Crippen LogP contribution in [0.3, 0.4) is 0 Å². The van der Waals surface area contributed by atoms with Crippen LogP contribution >= 0.6 is 11.3 Å². The van der Waals surface area contributed by atoms with E-state index in [-0.39, 0.29) is 5.91 Å². The summed E-state index contributed by atoms with van der Waals surface area (Å²) in [7, 11) is 0. The van der Waals surface area contributed by atoms with Crippen LogP contribution in [-0.4, -0.2) is 31.1 Å². The van der Waals surface area contributed by atoms with E-state index in [0.717, 1.165) is 28.4 Å². The van der Waals surface area contributed by atoms with Gasteiger partial charge in [-0.25, -0.2) is 4.68 Å². The summed E-state index contributed by atoms with van der Waals surface area (Å²) < 4.78 is 1.75. The Morgan fingerprint density at radius 1 is 1.07 bits per heavy atom. The maximum Gasteiger partial charge on any atom is 0.257 e. The second kappa shape index (κ2) is 7.46. The first-order chi connectivity index (χ1) is 13.2. The Morgan fingerprint density at radius 3 is 2.56 bits per heavy atom. The van der Waals surface area contributed by atoms with Crippen molar-refractivity contribution in [3.8, 4) is 16.9 Å². The van der Waals surface area contributed by atoms with Crippen molar-refractivity contribution in [1.29, 1.82) is 0 Å². The highest BCUT2D eigenvalue weighted by Crippen LogP contribution is 2.22. The van der Waals surface area contributed by atoms with E-state index < -0.39 is 0 Å². The largest absolute Gasteiger partial charge is 0.296 e. The third-order valence-corrected chi connectivity index (χ3v) is 4.97. The highest BCUT2D eigenvalue weighted by atomic mass is 32.1. The average Bonchev–Trinajstić information content (AvgIpc) is 3.38. The lowest BCUT2D eigenvalue weighted by Crippen LogP contribution is -2.12. The quantitative estimate of drug-likeness (QED) is 0.575. The van der Waals surface area contributed by atoms with Crippen molar-refractivity contribution in [2.75, 3.05) is 5.32 Å². The van der Waals surface area contributed by atoms with E-state index >= 15 is 0 Å². The molecule has 27 heavy (non-hydrogen) atoms. The summed E-state index contributed by atoms with van der Waals surface area (Å²) in [5.74, 6) is -0.220. The van der Waals surface area contributed by atoms with Crippen molar-refractivity contribution in [2.45, 2.75) is 13.3 Å². The number of rotatable bonds is 5. The minimum absolute atomic E-state index is 0.220. The smallest absolute Gasteiger partial charge is 0.257 e. The lowest BCUT2D eigenvalue weighted by molar-refractivity contribution is 0.102. The Hall–Kier alpha value is -3.39. The van der Waals surface area contributed by atoms with Gasteiger partial charge in [0.05, 0.1) is 17.6 Å². The van der Waals surface area contributed by atoms with Crippen molar-refractivity contribution < 1.29 is 4.79 Å². The molecule has 0 unspecified atom stereocenters. The van der Waals surface area contributed by atoms with Crippen LogP contribution in [0.5, 0.6) is 0 Å². The highest BCUT2D eigenvalue weighted by Gasteiger charge is 2.12. The molecule has 1 amide bonds. The third kappa shape index (κ3) is 3.61. The third-order valence-electron chi connectivity index (χ3n) is 3.98. The first-order valence-corrected chi connectivity index (χ1v) is 9.26. The van der Waals surface area contributed by atoms with Crippen LogP contribution in [0.4, 0.5) is 5.13 Å². The van der Waals surface area contributed by atoms with Gasteiger partial charge in [0, 0.05) is 11.1 Å². The number of hydrogen-bond donors (Lipinski definition) is 1. The van der Waals surface area contributed by atoms with E-state index in [2.05, 4.69) is 25.8 Å². The molecule has 0 aliphatic carbocycles. The number of anilines is 1. The molecule has 134 valence electrons. The van der Waals surface area contributed by atoms with Crippen molar-refractivity contribution >= 4 is 22.4 Å². The molecule has 0 fully saturated rings. The highest BCUT2D eigenvalue weighted by molar-refractivity contribution is 7.15. The summed E-state index contributed by atoms with van der Waals surface area (Å²) in [6, 6.07) is 17.1. The van der Waals surface area contributed by atoms with Gasteiger partial charge in [-0.15, -0.1) is 15.3 Å².